The number of rotatable bonds is 9. The molecule has 0 aromatic carbocycles. The Morgan fingerprint density at radius 3 is 2.95 bits per heavy atom. The molecule has 0 aliphatic carbocycles. The normalized spacial score (nSPS) is 10.9. The minimum atomic E-state index is 0.599. The van der Waals surface area contributed by atoms with Crippen molar-refractivity contribution in [1.29, 1.82) is 0 Å². The number of anilines is 2. The molecule has 0 amide bonds. The van der Waals surface area contributed by atoms with Gasteiger partial charge in [0.05, 0.1) is 26.0 Å². The van der Waals surface area contributed by atoms with Crippen molar-refractivity contribution in [3.63, 3.8) is 0 Å². The SMILES string of the molecule is CCNc1cn2ccnc2c(NCCOCCOC)n1. The van der Waals surface area contributed by atoms with Crippen LogP contribution in [-0.4, -0.2) is 54.4 Å². The van der Waals surface area contributed by atoms with E-state index >= 15 is 0 Å². The molecule has 0 radical (unpaired) electrons. The van der Waals surface area contributed by atoms with Crippen molar-refractivity contribution < 1.29 is 9.47 Å². The van der Waals surface area contributed by atoms with E-state index in [2.05, 4.69) is 20.6 Å². The van der Waals surface area contributed by atoms with Gasteiger partial charge in [0.25, 0.3) is 0 Å². The van der Waals surface area contributed by atoms with Crippen molar-refractivity contribution >= 4 is 17.3 Å². The van der Waals surface area contributed by atoms with Gasteiger partial charge in [-0.05, 0) is 6.92 Å². The molecule has 2 aromatic heterocycles. The van der Waals surface area contributed by atoms with Gasteiger partial charge in [0.2, 0.25) is 0 Å². The quantitative estimate of drug-likeness (QED) is 0.673. The number of imidazole rings is 1. The van der Waals surface area contributed by atoms with Gasteiger partial charge in [-0.25, -0.2) is 9.97 Å². The topological polar surface area (TPSA) is 72.7 Å². The number of hydrogen-bond donors (Lipinski definition) is 2. The van der Waals surface area contributed by atoms with E-state index in [0.717, 1.165) is 23.8 Å². The fraction of sp³-hybridized carbons (Fsp3) is 0.538. The van der Waals surface area contributed by atoms with Gasteiger partial charge in [0, 0.05) is 32.6 Å². The highest BCUT2D eigenvalue weighted by Crippen LogP contribution is 2.15. The van der Waals surface area contributed by atoms with Gasteiger partial charge in [-0.3, -0.25) is 0 Å². The largest absolute Gasteiger partial charge is 0.382 e. The zero-order valence-electron chi connectivity index (χ0n) is 11.9. The van der Waals surface area contributed by atoms with Gasteiger partial charge in [0.1, 0.15) is 5.82 Å². The Morgan fingerprint density at radius 1 is 1.25 bits per heavy atom. The summed E-state index contributed by atoms with van der Waals surface area (Å²) in [6, 6.07) is 0. The lowest BCUT2D eigenvalue weighted by Crippen LogP contribution is -2.14. The number of fused-ring (bicyclic) bond motifs is 1. The maximum absolute atomic E-state index is 5.41. The van der Waals surface area contributed by atoms with Crippen LogP contribution in [0.15, 0.2) is 18.6 Å². The summed E-state index contributed by atoms with van der Waals surface area (Å²) in [4.78, 5) is 8.81. The number of nitrogens with one attached hydrogen (secondary N) is 2. The smallest absolute Gasteiger partial charge is 0.180 e. The maximum Gasteiger partial charge on any atom is 0.180 e. The van der Waals surface area contributed by atoms with Gasteiger partial charge >= 0.3 is 0 Å². The van der Waals surface area contributed by atoms with E-state index in [1.807, 2.05) is 23.7 Å². The summed E-state index contributed by atoms with van der Waals surface area (Å²) >= 11 is 0. The molecule has 2 N–H and O–H groups in total. The third-order valence-corrected chi connectivity index (χ3v) is 2.70. The summed E-state index contributed by atoms with van der Waals surface area (Å²) in [5.41, 5.74) is 0.809. The highest BCUT2D eigenvalue weighted by atomic mass is 16.5. The molecule has 0 saturated heterocycles. The first-order valence-electron chi connectivity index (χ1n) is 6.73. The van der Waals surface area contributed by atoms with Crippen molar-refractivity contribution in [3.05, 3.63) is 18.6 Å². The average Bonchev–Trinajstić information content (AvgIpc) is 2.91. The molecule has 0 bridgehead atoms. The van der Waals surface area contributed by atoms with Crippen LogP contribution in [0.1, 0.15) is 6.92 Å². The Morgan fingerprint density at radius 2 is 2.15 bits per heavy atom. The summed E-state index contributed by atoms with van der Waals surface area (Å²) in [6.07, 6.45) is 5.58. The Bertz CT molecular complexity index is 528. The Hall–Kier alpha value is -1.86. The molecule has 110 valence electrons. The fourth-order valence-electron chi connectivity index (χ4n) is 1.80. The molecule has 0 unspecified atom stereocenters. The van der Waals surface area contributed by atoms with Crippen LogP contribution in [0.25, 0.3) is 5.65 Å². The molecule has 20 heavy (non-hydrogen) atoms. The van der Waals surface area contributed by atoms with Crippen LogP contribution in [0.2, 0.25) is 0 Å². The lowest BCUT2D eigenvalue weighted by atomic mass is 10.5. The van der Waals surface area contributed by atoms with Crippen LogP contribution in [0.4, 0.5) is 11.6 Å². The van der Waals surface area contributed by atoms with Crippen LogP contribution in [0.5, 0.6) is 0 Å². The lowest BCUT2D eigenvalue weighted by Gasteiger charge is -2.10. The zero-order valence-corrected chi connectivity index (χ0v) is 11.9. The van der Waals surface area contributed by atoms with Crippen molar-refractivity contribution in [2.24, 2.45) is 0 Å². The third kappa shape index (κ3) is 3.82. The first-order valence-corrected chi connectivity index (χ1v) is 6.73. The first-order chi connectivity index (χ1) is 9.85. The minimum absolute atomic E-state index is 0.599. The molecule has 0 aliphatic rings. The summed E-state index contributed by atoms with van der Waals surface area (Å²) in [7, 11) is 1.66. The van der Waals surface area contributed by atoms with Crippen LogP contribution >= 0.6 is 0 Å². The lowest BCUT2D eigenvalue weighted by molar-refractivity contribution is 0.0759. The number of methoxy groups -OCH3 is 1. The number of nitrogens with zero attached hydrogens (tertiary/aromatic N) is 3. The van der Waals surface area contributed by atoms with Gasteiger partial charge < -0.3 is 24.5 Å². The van der Waals surface area contributed by atoms with Crippen LogP contribution in [0.3, 0.4) is 0 Å². The molecule has 7 nitrogen and oxygen atoms in total. The Balaban J connectivity index is 1.95. The van der Waals surface area contributed by atoms with Gasteiger partial charge in [-0.1, -0.05) is 0 Å². The van der Waals surface area contributed by atoms with Crippen molar-refractivity contribution in [3.8, 4) is 0 Å². The van der Waals surface area contributed by atoms with E-state index in [9.17, 15) is 0 Å². The van der Waals surface area contributed by atoms with E-state index < -0.39 is 0 Å². The molecule has 2 aromatic rings. The molecule has 0 aliphatic heterocycles. The molecule has 0 atom stereocenters. The molecule has 7 heteroatoms. The Labute approximate surface area is 118 Å². The second-order valence-electron chi connectivity index (χ2n) is 4.20. The molecule has 0 saturated carbocycles. The monoisotopic (exact) mass is 279 g/mol. The van der Waals surface area contributed by atoms with Crippen molar-refractivity contribution in [2.75, 3.05) is 50.7 Å². The van der Waals surface area contributed by atoms with E-state index in [4.69, 9.17) is 9.47 Å². The second kappa shape index (κ2) is 7.66. The van der Waals surface area contributed by atoms with Crippen molar-refractivity contribution in [2.45, 2.75) is 6.92 Å². The average molecular weight is 279 g/mol. The van der Waals surface area contributed by atoms with Crippen LogP contribution in [-0.2, 0) is 9.47 Å². The Kier molecular flexibility index (Phi) is 5.57. The number of ether oxygens (including phenoxy) is 2. The van der Waals surface area contributed by atoms with Gasteiger partial charge in [-0.15, -0.1) is 0 Å². The number of hydrogen-bond acceptors (Lipinski definition) is 6. The summed E-state index contributed by atoms with van der Waals surface area (Å²) in [5, 5.41) is 6.45. The van der Waals surface area contributed by atoms with Gasteiger partial charge in [0.15, 0.2) is 11.5 Å². The van der Waals surface area contributed by atoms with Crippen LogP contribution < -0.4 is 10.6 Å². The summed E-state index contributed by atoms with van der Waals surface area (Å²) < 4.78 is 12.3. The molecular weight excluding hydrogens is 258 g/mol. The van der Waals surface area contributed by atoms with Crippen LogP contribution in [0, 0.1) is 0 Å². The highest BCUT2D eigenvalue weighted by Gasteiger charge is 2.06. The zero-order chi connectivity index (χ0) is 14.2. The third-order valence-electron chi connectivity index (χ3n) is 2.70. The van der Waals surface area contributed by atoms with Gasteiger partial charge in [-0.2, -0.15) is 0 Å². The molecule has 2 rings (SSSR count). The highest BCUT2D eigenvalue weighted by molar-refractivity contribution is 5.65. The van der Waals surface area contributed by atoms with E-state index in [-0.39, 0.29) is 0 Å². The molecule has 0 fully saturated rings. The molecule has 0 spiro atoms. The van der Waals surface area contributed by atoms with E-state index in [1.54, 1.807) is 13.3 Å². The first kappa shape index (κ1) is 14.5. The molecular formula is C13H21N5O2. The van der Waals surface area contributed by atoms with E-state index in [1.165, 1.54) is 0 Å². The van der Waals surface area contributed by atoms with Crippen molar-refractivity contribution in [1.82, 2.24) is 14.4 Å². The van der Waals surface area contributed by atoms with E-state index in [0.29, 0.717) is 26.4 Å². The predicted octanol–water partition coefficient (Wildman–Crippen LogP) is 1.24. The predicted molar refractivity (Wildman–Crippen MR) is 78.3 cm³/mol. The second-order valence-corrected chi connectivity index (χ2v) is 4.20. The summed E-state index contributed by atoms with van der Waals surface area (Å²) in [5.74, 6) is 1.57. The fourth-order valence-corrected chi connectivity index (χ4v) is 1.80. The molecule has 2 heterocycles. The summed E-state index contributed by atoms with van der Waals surface area (Å²) in [6.45, 7) is 5.35. The standard InChI is InChI=1S/C13H21N5O2/c1-3-14-11-10-18-6-4-16-13(18)12(17-11)15-5-7-20-9-8-19-2/h4,6,10,14H,3,5,7-9H2,1-2H3,(H,15,17). The minimum Gasteiger partial charge on any atom is -0.382 e. The number of aromatic nitrogens is 3. The maximum atomic E-state index is 5.41.